The third-order valence-corrected chi connectivity index (χ3v) is 4.36. The van der Waals surface area contributed by atoms with Crippen molar-refractivity contribution in [2.75, 3.05) is 0 Å². The van der Waals surface area contributed by atoms with Gasteiger partial charge in [-0.3, -0.25) is 0 Å². The molecule has 1 nitrogen and oxygen atoms in total. The van der Waals surface area contributed by atoms with E-state index in [-0.39, 0.29) is 6.10 Å². The molecule has 1 heteroatoms. The summed E-state index contributed by atoms with van der Waals surface area (Å²) in [7, 11) is 0. The molecule has 2 aliphatic carbocycles. The monoisotopic (exact) mass is 196 g/mol. The van der Waals surface area contributed by atoms with E-state index in [1.807, 2.05) is 0 Å². The number of hydrogen-bond donors (Lipinski definition) is 1. The number of fused-ring (bicyclic) bond motifs is 1. The van der Waals surface area contributed by atoms with Crippen LogP contribution in [0.3, 0.4) is 0 Å². The Hall–Kier alpha value is -0.0400. The second kappa shape index (κ2) is 4.22. The minimum absolute atomic E-state index is 0.00898. The third kappa shape index (κ3) is 2.31. The van der Waals surface area contributed by atoms with Gasteiger partial charge in [-0.25, -0.2) is 0 Å². The lowest BCUT2D eigenvalue weighted by molar-refractivity contribution is 0.105. The summed E-state index contributed by atoms with van der Waals surface area (Å²) in [6, 6.07) is 0. The summed E-state index contributed by atoms with van der Waals surface area (Å²) in [4.78, 5) is 0. The molecule has 0 aromatic rings. The number of aliphatic hydroxyl groups is 1. The van der Waals surface area contributed by atoms with Gasteiger partial charge in [-0.1, -0.05) is 20.3 Å². The van der Waals surface area contributed by atoms with Crippen LogP contribution >= 0.6 is 0 Å². The molecule has 1 N–H and O–H groups in total. The van der Waals surface area contributed by atoms with Crippen molar-refractivity contribution in [3.05, 3.63) is 0 Å². The Labute approximate surface area is 87.9 Å². The van der Waals surface area contributed by atoms with E-state index in [1.165, 1.54) is 25.7 Å². The van der Waals surface area contributed by atoms with Crippen LogP contribution in [0, 0.1) is 23.7 Å². The minimum Gasteiger partial charge on any atom is -0.393 e. The molecule has 2 aliphatic rings. The van der Waals surface area contributed by atoms with Gasteiger partial charge in [0.05, 0.1) is 6.10 Å². The maximum absolute atomic E-state index is 9.88. The summed E-state index contributed by atoms with van der Waals surface area (Å²) in [6.45, 7) is 4.68. The first kappa shape index (κ1) is 10.5. The molecule has 0 amide bonds. The summed E-state index contributed by atoms with van der Waals surface area (Å²) >= 11 is 0. The van der Waals surface area contributed by atoms with Crippen LogP contribution in [0.4, 0.5) is 0 Å². The van der Waals surface area contributed by atoms with Gasteiger partial charge >= 0.3 is 0 Å². The predicted molar refractivity (Wildman–Crippen MR) is 59.0 cm³/mol. The van der Waals surface area contributed by atoms with Gasteiger partial charge in [-0.15, -0.1) is 0 Å². The molecule has 0 aromatic heterocycles. The fourth-order valence-corrected chi connectivity index (χ4v) is 3.68. The molecule has 0 heterocycles. The minimum atomic E-state index is -0.00898. The zero-order valence-electron chi connectivity index (χ0n) is 9.58. The van der Waals surface area contributed by atoms with E-state index < -0.39 is 0 Å². The molecule has 2 rings (SSSR count). The standard InChI is InChI=1S/C13H24O/c1-9-3-4-11-6-10(2)7-13(14)8-12(11)5-9/h9-14H,3-8H2,1-2H3. The predicted octanol–water partition coefficient (Wildman–Crippen LogP) is 3.22. The van der Waals surface area contributed by atoms with Crippen LogP contribution in [0.1, 0.15) is 52.4 Å². The number of rotatable bonds is 0. The smallest absolute Gasteiger partial charge is 0.0545 e. The van der Waals surface area contributed by atoms with Crippen molar-refractivity contribution < 1.29 is 5.11 Å². The molecule has 5 unspecified atom stereocenters. The topological polar surface area (TPSA) is 20.2 Å². The summed E-state index contributed by atoms with van der Waals surface area (Å²) in [5.41, 5.74) is 0. The van der Waals surface area contributed by atoms with Gasteiger partial charge in [0.1, 0.15) is 0 Å². The van der Waals surface area contributed by atoms with Crippen LogP contribution < -0.4 is 0 Å². The van der Waals surface area contributed by atoms with E-state index in [9.17, 15) is 5.11 Å². The molecule has 5 atom stereocenters. The van der Waals surface area contributed by atoms with Crippen molar-refractivity contribution in [2.45, 2.75) is 58.5 Å². The van der Waals surface area contributed by atoms with Gasteiger partial charge < -0.3 is 5.11 Å². The Morgan fingerprint density at radius 2 is 1.50 bits per heavy atom. The van der Waals surface area contributed by atoms with Crippen LogP contribution in [0.15, 0.2) is 0 Å². The second-order valence-corrected chi connectivity index (χ2v) is 5.90. The summed E-state index contributed by atoms with van der Waals surface area (Å²) in [5.74, 6) is 3.40. The Bertz CT molecular complexity index is 190. The van der Waals surface area contributed by atoms with E-state index in [1.54, 1.807) is 0 Å². The SMILES string of the molecule is CC1CC(O)CC2CC(C)CCC2C1. The first-order valence-corrected chi connectivity index (χ1v) is 6.33. The normalized spacial score (nSPS) is 49.5. The molecule has 0 aliphatic heterocycles. The highest BCUT2D eigenvalue weighted by molar-refractivity contribution is 4.85. The van der Waals surface area contributed by atoms with Crippen LogP contribution in [0.2, 0.25) is 0 Å². The van der Waals surface area contributed by atoms with Crippen molar-refractivity contribution in [1.29, 1.82) is 0 Å². The number of hydrogen-bond acceptors (Lipinski definition) is 1. The lowest BCUT2D eigenvalue weighted by Gasteiger charge is -2.34. The molecule has 0 bridgehead atoms. The molecule has 0 aromatic carbocycles. The van der Waals surface area contributed by atoms with Gasteiger partial charge in [0, 0.05) is 0 Å². The van der Waals surface area contributed by atoms with Gasteiger partial charge in [-0.2, -0.15) is 0 Å². The first-order chi connectivity index (χ1) is 6.65. The van der Waals surface area contributed by atoms with Crippen molar-refractivity contribution in [3.8, 4) is 0 Å². The molecule has 2 fully saturated rings. The Morgan fingerprint density at radius 3 is 2.29 bits per heavy atom. The maximum atomic E-state index is 9.88. The largest absolute Gasteiger partial charge is 0.393 e. The van der Waals surface area contributed by atoms with Crippen LogP contribution in [-0.4, -0.2) is 11.2 Å². The quantitative estimate of drug-likeness (QED) is 0.630. The first-order valence-electron chi connectivity index (χ1n) is 6.33. The lowest BCUT2D eigenvalue weighted by Crippen LogP contribution is -2.25. The molecule has 14 heavy (non-hydrogen) atoms. The van der Waals surface area contributed by atoms with Crippen LogP contribution in [0.5, 0.6) is 0 Å². The highest BCUT2D eigenvalue weighted by atomic mass is 16.3. The Balaban J connectivity index is 2.02. The Morgan fingerprint density at radius 1 is 0.786 bits per heavy atom. The summed E-state index contributed by atoms with van der Waals surface area (Å²) in [5, 5.41) is 9.88. The molecule has 0 radical (unpaired) electrons. The van der Waals surface area contributed by atoms with Gasteiger partial charge in [0.2, 0.25) is 0 Å². The highest BCUT2D eigenvalue weighted by Gasteiger charge is 2.34. The van der Waals surface area contributed by atoms with E-state index in [4.69, 9.17) is 0 Å². The fourth-order valence-electron chi connectivity index (χ4n) is 3.68. The maximum Gasteiger partial charge on any atom is 0.0545 e. The second-order valence-electron chi connectivity index (χ2n) is 5.90. The molecule has 2 saturated carbocycles. The summed E-state index contributed by atoms with van der Waals surface area (Å²) < 4.78 is 0. The highest BCUT2D eigenvalue weighted by Crippen LogP contribution is 2.42. The van der Waals surface area contributed by atoms with Gasteiger partial charge in [0.15, 0.2) is 0 Å². The van der Waals surface area contributed by atoms with E-state index in [0.717, 1.165) is 36.5 Å². The van der Waals surface area contributed by atoms with Crippen molar-refractivity contribution in [2.24, 2.45) is 23.7 Å². The molecule has 0 spiro atoms. The van der Waals surface area contributed by atoms with Crippen molar-refractivity contribution >= 4 is 0 Å². The third-order valence-electron chi connectivity index (χ3n) is 4.36. The van der Waals surface area contributed by atoms with E-state index >= 15 is 0 Å². The van der Waals surface area contributed by atoms with E-state index in [0.29, 0.717) is 0 Å². The Kier molecular flexibility index (Phi) is 3.16. The van der Waals surface area contributed by atoms with Crippen molar-refractivity contribution in [1.82, 2.24) is 0 Å². The van der Waals surface area contributed by atoms with Crippen molar-refractivity contribution in [3.63, 3.8) is 0 Å². The molecule has 82 valence electrons. The molecular weight excluding hydrogens is 172 g/mol. The van der Waals surface area contributed by atoms with Gasteiger partial charge in [0.25, 0.3) is 0 Å². The number of aliphatic hydroxyl groups excluding tert-OH is 1. The van der Waals surface area contributed by atoms with Crippen LogP contribution in [0.25, 0.3) is 0 Å². The van der Waals surface area contributed by atoms with Crippen LogP contribution in [-0.2, 0) is 0 Å². The average molecular weight is 196 g/mol. The summed E-state index contributed by atoms with van der Waals surface area (Å²) in [6.07, 6.45) is 7.70. The van der Waals surface area contributed by atoms with E-state index in [2.05, 4.69) is 13.8 Å². The lowest BCUT2D eigenvalue weighted by atomic mass is 9.72. The molecular formula is C13H24O. The molecule has 0 saturated heterocycles. The fraction of sp³-hybridized carbons (Fsp3) is 1.00. The zero-order chi connectivity index (χ0) is 10.1. The average Bonchev–Trinajstić information content (AvgIpc) is 2.21. The van der Waals surface area contributed by atoms with Gasteiger partial charge in [-0.05, 0) is 55.8 Å². The zero-order valence-corrected chi connectivity index (χ0v) is 9.58.